The van der Waals surface area contributed by atoms with Gasteiger partial charge in [0.15, 0.2) is 5.11 Å². The lowest BCUT2D eigenvalue weighted by Gasteiger charge is -2.35. The van der Waals surface area contributed by atoms with Crippen molar-refractivity contribution in [1.82, 2.24) is 15.5 Å². The molecule has 0 radical (unpaired) electrons. The van der Waals surface area contributed by atoms with Crippen molar-refractivity contribution in [3.05, 3.63) is 64.1 Å². The molecule has 1 fully saturated rings. The largest absolute Gasteiger partial charge is 0.497 e. The smallest absolute Gasteiger partial charge is 0.220 e. The number of aliphatic imine (C=N–C) groups is 1. The number of thiocarbonyl (C=S) groups is 1. The minimum absolute atomic E-state index is 0.0186. The highest BCUT2D eigenvalue weighted by Gasteiger charge is 2.51. The van der Waals surface area contributed by atoms with Crippen LogP contribution in [0.5, 0.6) is 5.75 Å². The third kappa shape index (κ3) is 3.58. The van der Waals surface area contributed by atoms with Crippen molar-refractivity contribution in [2.24, 2.45) is 4.99 Å². The van der Waals surface area contributed by atoms with E-state index in [-0.39, 0.29) is 11.9 Å². The molecule has 1 saturated heterocycles. The summed E-state index contributed by atoms with van der Waals surface area (Å²) in [5.41, 5.74) is 1.33. The van der Waals surface area contributed by atoms with Crippen LogP contribution in [0.4, 0.5) is 0 Å². The predicted molar refractivity (Wildman–Crippen MR) is 125 cm³/mol. The molecule has 0 bridgehead atoms. The first-order chi connectivity index (χ1) is 14.5. The molecule has 1 amide bonds. The molecule has 0 saturated carbocycles. The maximum absolute atomic E-state index is 11.9. The number of carbonyl (C=O) groups excluding carboxylic acids is 1. The molecule has 30 heavy (non-hydrogen) atoms. The first-order valence-electron chi connectivity index (χ1n) is 9.82. The van der Waals surface area contributed by atoms with Crippen LogP contribution >= 0.6 is 28.1 Å². The zero-order chi connectivity index (χ0) is 21.3. The Hall–Kier alpha value is -2.45. The van der Waals surface area contributed by atoms with Crippen LogP contribution in [0.25, 0.3) is 0 Å². The zero-order valence-corrected chi connectivity index (χ0v) is 19.2. The molecule has 2 unspecified atom stereocenters. The monoisotopic (exact) mass is 486 g/mol. The Morgan fingerprint density at radius 1 is 1.33 bits per heavy atom. The van der Waals surface area contributed by atoms with E-state index >= 15 is 0 Å². The number of fused-ring (bicyclic) bond motifs is 1. The summed E-state index contributed by atoms with van der Waals surface area (Å²) < 4.78 is 6.32. The molecule has 2 aliphatic heterocycles. The van der Waals surface area contributed by atoms with Crippen LogP contribution in [0.2, 0.25) is 0 Å². The average molecular weight is 487 g/mol. The molecule has 0 aromatic heterocycles. The number of hydrogen-bond donors (Lipinski definition) is 2. The van der Waals surface area contributed by atoms with E-state index in [1.54, 1.807) is 7.11 Å². The lowest BCUT2D eigenvalue weighted by Crippen LogP contribution is -2.52. The van der Waals surface area contributed by atoms with E-state index in [0.29, 0.717) is 24.6 Å². The topological polar surface area (TPSA) is 66.0 Å². The summed E-state index contributed by atoms with van der Waals surface area (Å²) in [5, 5.41) is 7.18. The van der Waals surface area contributed by atoms with Crippen molar-refractivity contribution in [3.8, 4) is 5.75 Å². The second kappa shape index (κ2) is 8.35. The van der Waals surface area contributed by atoms with Crippen LogP contribution in [0, 0.1) is 0 Å². The number of ether oxygens (including phenoxy) is 1. The summed E-state index contributed by atoms with van der Waals surface area (Å²) in [6.07, 6.45) is 0.448. The molecule has 2 N–H and O–H groups in total. The number of rotatable bonds is 5. The van der Waals surface area contributed by atoms with Gasteiger partial charge >= 0.3 is 0 Å². The molecule has 2 aromatic carbocycles. The lowest BCUT2D eigenvalue weighted by atomic mass is 9.81. The first-order valence-corrected chi connectivity index (χ1v) is 11.0. The van der Waals surface area contributed by atoms with E-state index in [4.69, 9.17) is 21.9 Å². The maximum Gasteiger partial charge on any atom is 0.220 e. The normalized spacial score (nSPS) is 22.8. The van der Waals surface area contributed by atoms with Gasteiger partial charge in [-0.2, -0.15) is 0 Å². The van der Waals surface area contributed by atoms with Crippen molar-refractivity contribution >= 4 is 45.0 Å². The number of hydrogen-bond acceptors (Lipinski definition) is 4. The van der Waals surface area contributed by atoms with Crippen LogP contribution in [0.3, 0.4) is 0 Å². The van der Waals surface area contributed by atoms with E-state index in [1.807, 2.05) is 48.2 Å². The summed E-state index contributed by atoms with van der Waals surface area (Å²) in [6, 6.07) is 16.0. The van der Waals surface area contributed by atoms with Gasteiger partial charge in [0, 0.05) is 17.4 Å². The fourth-order valence-electron chi connectivity index (χ4n) is 3.98. The van der Waals surface area contributed by atoms with Crippen LogP contribution < -0.4 is 15.4 Å². The number of methoxy groups -OCH3 is 1. The number of amidine groups is 1. The van der Waals surface area contributed by atoms with Crippen molar-refractivity contribution in [2.75, 3.05) is 20.2 Å². The Morgan fingerprint density at radius 3 is 2.77 bits per heavy atom. The van der Waals surface area contributed by atoms with E-state index < -0.39 is 5.54 Å². The Morgan fingerprint density at radius 2 is 2.10 bits per heavy atom. The zero-order valence-electron chi connectivity index (χ0n) is 16.8. The quantitative estimate of drug-likeness (QED) is 0.635. The second-order valence-corrected chi connectivity index (χ2v) is 8.61. The van der Waals surface area contributed by atoms with Crippen molar-refractivity contribution in [1.29, 1.82) is 0 Å². The molecule has 4 rings (SSSR count). The van der Waals surface area contributed by atoms with Gasteiger partial charge in [0.25, 0.3) is 0 Å². The highest BCUT2D eigenvalue weighted by molar-refractivity contribution is 9.10. The standard InChI is InChI=1S/C22H23BrN4O2S/c1-3-19(28)25-17-12-24-20-22(26-21(30)27(20)13-17,15-5-4-6-16(23)11-15)14-7-9-18(29-2)10-8-14/h4-11,17H,3,12-13H2,1-2H3,(H,25,28)(H,26,30). The molecule has 0 spiro atoms. The average Bonchev–Trinajstić information content (AvgIpc) is 3.06. The Bertz CT molecular complexity index is 1010. The SMILES string of the molecule is CCC(=O)NC1CN=C2N(C1)C(=S)NC2(c1ccc(OC)cc1)c1cccc(Br)c1. The van der Waals surface area contributed by atoms with Crippen molar-refractivity contribution in [2.45, 2.75) is 24.9 Å². The third-order valence-corrected chi connectivity index (χ3v) is 6.28. The second-order valence-electron chi connectivity index (χ2n) is 7.31. The molecular weight excluding hydrogens is 464 g/mol. The lowest BCUT2D eigenvalue weighted by molar-refractivity contribution is -0.121. The van der Waals surface area contributed by atoms with Gasteiger partial charge in [-0.1, -0.05) is 47.1 Å². The molecular formula is C22H23BrN4O2S. The number of halogens is 1. The van der Waals surface area contributed by atoms with Gasteiger partial charge in [-0.3, -0.25) is 9.79 Å². The summed E-state index contributed by atoms with van der Waals surface area (Å²) in [4.78, 5) is 18.8. The number of benzene rings is 2. The van der Waals surface area contributed by atoms with Crippen molar-refractivity contribution in [3.63, 3.8) is 0 Å². The molecule has 2 aliphatic rings. The van der Waals surface area contributed by atoms with Gasteiger partial charge < -0.3 is 20.3 Å². The van der Waals surface area contributed by atoms with Crippen LogP contribution in [0.1, 0.15) is 24.5 Å². The molecule has 156 valence electrons. The van der Waals surface area contributed by atoms with Gasteiger partial charge in [0.05, 0.1) is 19.7 Å². The number of amides is 1. The van der Waals surface area contributed by atoms with E-state index in [2.05, 4.69) is 38.7 Å². The Labute approximate surface area is 189 Å². The van der Waals surface area contributed by atoms with E-state index in [9.17, 15) is 4.79 Å². The van der Waals surface area contributed by atoms with Crippen LogP contribution in [0.15, 0.2) is 58.0 Å². The van der Waals surface area contributed by atoms with Crippen LogP contribution in [-0.4, -0.2) is 48.0 Å². The summed E-state index contributed by atoms with van der Waals surface area (Å²) in [6.45, 7) is 2.94. The Balaban J connectivity index is 1.82. The molecule has 2 heterocycles. The first kappa shape index (κ1) is 20.8. The van der Waals surface area contributed by atoms with Gasteiger partial charge in [-0.15, -0.1) is 0 Å². The number of nitrogens with one attached hydrogen (secondary N) is 2. The minimum Gasteiger partial charge on any atom is -0.497 e. The van der Waals surface area contributed by atoms with Gasteiger partial charge in [-0.05, 0) is 47.6 Å². The van der Waals surface area contributed by atoms with E-state index in [1.165, 1.54) is 0 Å². The highest BCUT2D eigenvalue weighted by atomic mass is 79.9. The minimum atomic E-state index is -0.715. The fraction of sp³-hybridized carbons (Fsp3) is 0.318. The Kier molecular flexibility index (Phi) is 5.79. The summed E-state index contributed by atoms with van der Waals surface area (Å²) in [7, 11) is 1.65. The van der Waals surface area contributed by atoms with Gasteiger partial charge in [-0.25, -0.2) is 0 Å². The highest BCUT2D eigenvalue weighted by Crippen LogP contribution is 2.39. The third-order valence-electron chi connectivity index (χ3n) is 5.46. The van der Waals surface area contributed by atoms with E-state index in [0.717, 1.165) is 27.2 Å². The molecule has 8 heteroatoms. The predicted octanol–water partition coefficient (Wildman–Crippen LogP) is 3.20. The fourth-order valence-corrected chi connectivity index (χ4v) is 4.70. The van der Waals surface area contributed by atoms with Crippen LogP contribution in [-0.2, 0) is 10.3 Å². The summed E-state index contributed by atoms with van der Waals surface area (Å²) in [5.74, 6) is 1.65. The number of carbonyl (C=O) groups is 1. The molecule has 0 aliphatic carbocycles. The molecule has 6 nitrogen and oxygen atoms in total. The number of nitrogens with zero attached hydrogens (tertiary/aromatic N) is 2. The van der Waals surface area contributed by atoms with Crippen molar-refractivity contribution < 1.29 is 9.53 Å². The van der Waals surface area contributed by atoms with Gasteiger partial charge in [0.2, 0.25) is 5.91 Å². The van der Waals surface area contributed by atoms with Gasteiger partial charge in [0.1, 0.15) is 17.1 Å². The molecule has 2 atom stereocenters. The summed E-state index contributed by atoms with van der Waals surface area (Å²) >= 11 is 9.32. The molecule has 2 aromatic rings. The maximum atomic E-state index is 11.9.